The van der Waals surface area contributed by atoms with E-state index in [0.29, 0.717) is 24.3 Å². The van der Waals surface area contributed by atoms with Gasteiger partial charge in [-0.2, -0.15) is 4.98 Å². The molecule has 0 saturated carbocycles. The van der Waals surface area contributed by atoms with Gasteiger partial charge in [0.15, 0.2) is 0 Å². The van der Waals surface area contributed by atoms with Crippen molar-refractivity contribution in [1.82, 2.24) is 19.9 Å². The van der Waals surface area contributed by atoms with Crippen LogP contribution in [0.1, 0.15) is 0 Å². The maximum absolute atomic E-state index is 8.90. The van der Waals surface area contributed by atoms with Crippen LogP contribution in [0.4, 0.5) is 29.1 Å². The molecule has 0 atom stereocenters. The summed E-state index contributed by atoms with van der Waals surface area (Å²) in [6.07, 6.45) is 5.01. The molecule has 0 unspecified atom stereocenters. The molecule has 0 fully saturated rings. The summed E-state index contributed by atoms with van der Waals surface area (Å²) in [7, 11) is 0. The van der Waals surface area contributed by atoms with E-state index >= 15 is 0 Å². The molecule has 3 aromatic rings. The molecule has 1 aromatic carbocycles. The summed E-state index contributed by atoms with van der Waals surface area (Å²) < 4.78 is 0.730. The number of aliphatic hydroxyl groups is 1. The van der Waals surface area contributed by atoms with E-state index in [1.165, 1.54) is 0 Å². The molecule has 0 radical (unpaired) electrons. The van der Waals surface area contributed by atoms with Crippen LogP contribution in [0, 0.1) is 0 Å². The van der Waals surface area contributed by atoms with E-state index in [1.807, 2.05) is 24.3 Å². The SMILES string of the molecule is OCCNc1nc(Nc2ccc(Nc3ncccn3)cc2)ncc1Br. The van der Waals surface area contributed by atoms with Crippen LogP contribution in [0.5, 0.6) is 0 Å². The topological polar surface area (TPSA) is 108 Å². The highest BCUT2D eigenvalue weighted by Crippen LogP contribution is 2.23. The summed E-state index contributed by atoms with van der Waals surface area (Å²) in [5, 5.41) is 18.2. The molecule has 128 valence electrons. The number of hydrogen-bond acceptors (Lipinski definition) is 8. The van der Waals surface area contributed by atoms with E-state index in [-0.39, 0.29) is 6.61 Å². The number of aliphatic hydroxyl groups excluding tert-OH is 1. The Morgan fingerprint density at radius 1 is 0.920 bits per heavy atom. The molecule has 8 nitrogen and oxygen atoms in total. The minimum Gasteiger partial charge on any atom is -0.395 e. The van der Waals surface area contributed by atoms with Crippen LogP contribution in [0.3, 0.4) is 0 Å². The quantitative estimate of drug-likeness (QED) is 0.478. The molecule has 0 aliphatic rings. The molecule has 0 saturated heterocycles. The van der Waals surface area contributed by atoms with Gasteiger partial charge in [0.2, 0.25) is 11.9 Å². The Hall–Kier alpha value is -2.78. The maximum atomic E-state index is 8.90. The van der Waals surface area contributed by atoms with Crippen molar-refractivity contribution < 1.29 is 5.11 Å². The number of nitrogens with zero attached hydrogens (tertiary/aromatic N) is 4. The van der Waals surface area contributed by atoms with Gasteiger partial charge in [-0.3, -0.25) is 0 Å². The predicted molar refractivity (Wildman–Crippen MR) is 100 cm³/mol. The fraction of sp³-hybridized carbons (Fsp3) is 0.125. The van der Waals surface area contributed by atoms with Gasteiger partial charge in [0, 0.05) is 36.5 Å². The third-order valence-electron chi connectivity index (χ3n) is 3.11. The summed E-state index contributed by atoms with van der Waals surface area (Å²) in [5.41, 5.74) is 1.72. The molecule has 3 rings (SSSR count). The lowest BCUT2D eigenvalue weighted by atomic mass is 10.3. The molecule has 0 aliphatic carbocycles. The van der Waals surface area contributed by atoms with Crippen LogP contribution in [-0.2, 0) is 0 Å². The Balaban J connectivity index is 1.67. The maximum Gasteiger partial charge on any atom is 0.229 e. The van der Waals surface area contributed by atoms with E-state index in [9.17, 15) is 0 Å². The Morgan fingerprint density at radius 3 is 2.20 bits per heavy atom. The highest BCUT2D eigenvalue weighted by molar-refractivity contribution is 9.10. The Labute approximate surface area is 152 Å². The van der Waals surface area contributed by atoms with Crippen molar-refractivity contribution in [2.45, 2.75) is 0 Å². The lowest BCUT2D eigenvalue weighted by Crippen LogP contribution is -2.09. The Morgan fingerprint density at radius 2 is 1.56 bits per heavy atom. The molecule has 0 spiro atoms. The lowest BCUT2D eigenvalue weighted by Gasteiger charge is -2.10. The molecule has 4 N–H and O–H groups in total. The van der Waals surface area contributed by atoms with Crippen LogP contribution >= 0.6 is 15.9 Å². The molecule has 2 heterocycles. The average Bonchev–Trinajstić information content (AvgIpc) is 2.64. The number of benzene rings is 1. The highest BCUT2D eigenvalue weighted by atomic mass is 79.9. The van der Waals surface area contributed by atoms with Crippen molar-refractivity contribution in [1.29, 1.82) is 0 Å². The summed E-state index contributed by atoms with van der Waals surface area (Å²) in [6, 6.07) is 9.38. The molecular formula is C16H16BrN7O. The normalized spacial score (nSPS) is 10.3. The van der Waals surface area contributed by atoms with E-state index in [4.69, 9.17) is 5.11 Å². The van der Waals surface area contributed by atoms with Gasteiger partial charge in [0.25, 0.3) is 0 Å². The first-order valence-electron chi connectivity index (χ1n) is 7.53. The van der Waals surface area contributed by atoms with Gasteiger partial charge < -0.3 is 21.1 Å². The number of aromatic nitrogens is 4. The van der Waals surface area contributed by atoms with Crippen molar-refractivity contribution in [2.24, 2.45) is 0 Å². The molecular weight excluding hydrogens is 386 g/mol. The van der Waals surface area contributed by atoms with Crippen LogP contribution < -0.4 is 16.0 Å². The second-order valence-electron chi connectivity index (χ2n) is 4.94. The number of nitrogens with one attached hydrogen (secondary N) is 3. The fourth-order valence-electron chi connectivity index (χ4n) is 1.98. The molecule has 9 heteroatoms. The third kappa shape index (κ3) is 4.85. The molecule has 0 amide bonds. The van der Waals surface area contributed by atoms with E-state index < -0.39 is 0 Å². The minimum atomic E-state index is 0.0266. The fourth-order valence-corrected chi connectivity index (χ4v) is 2.32. The van der Waals surface area contributed by atoms with E-state index in [1.54, 1.807) is 24.7 Å². The number of anilines is 5. The smallest absolute Gasteiger partial charge is 0.229 e. The van der Waals surface area contributed by atoms with Crippen molar-refractivity contribution >= 4 is 45.0 Å². The summed E-state index contributed by atoms with van der Waals surface area (Å²) in [6.45, 7) is 0.440. The van der Waals surface area contributed by atoms with Gasteiger partial charge in [-0.1, -0.05) is 0 Å². The summed E-state index contributed by atoms with van der Waals surface area (Å²) in [4.78, 5) is 16.8. The highest BCUT2D eigenvalue weighted by Gasteiger charge is 2.05. The van der Waals surface area contributed by atoms with Gasteiger partial charge in [0.1, 0.15) is 5.82 Å². The Kier molecular flexibility index (Phi) is 5.70. The van der Waals surface area contributed by atoms with Crippen LogP contribution in [0.15, 0.2) is 53.4 Å². The third-order valence-corrected chi connectivity index (χ3v) is 3.69. The first-order valence-corrected chi connectivity index (χ1v) is 8.32. The molecule has 0 aliphatic heterocycles. The van der Waals surface area contributed by atoms with Gasteiger partial charge in [0.05, 0.1) is 11.1 Å². The second-order valence-corrected chi connectivity index (χ2v) is 5.79. The van der Waals surface area contributed by atoms with Crippen molar-refractivity contribution in [3.8, 4) is 0 Å². The van der Waals surface area contributed by atoms with Gasteiger partial charge in [-0.15, -0.1) is 0 Å². The van der Waals surface area contributed by atoms with Crippen molar-refractivity contribution in [3.63, 3.8) is 0 Å². The summed E-state index contributed by atoms with van der Waals surface area (Å²) in [5.74, 6) is 1.61. The molecule has 25 heavy (non-hydrogen) atoms. The largest absolute Gasteiger partial charge is 0.395 e. The van der Waals surface area contributed by atoms with Crippen LogP contribution in [0.25, 0.3) is 0 Å². The summed E-state index contributed by atoms with van der Waals surface area (Å²) >= 11 is 3.37. The molecule has 0 bridgehead atoms. The van der Waals surface area contributed by atoms with E-state index in [0.717, 1.165) is 15.8 Å². The van der Waals surface area contributed by atoms with Crippen LogP contribution in [-0.4, -0.2) is 38.2 Å². The lowest BCUT2D eigenvalue weighted by molar-refractivity contribution is 0.311. The zero-order valence-corrected chi connectivity index (χ0v) is 14.7. The Bertz CT molecular complexity index is 814. The van der Waals surface area contributed by atoms with Crippen molar-refractivity contribution in [3.05, 3.63) is 53.4 Å². The monoisotopic (exact) mass is 401 g/mol. The first kappa shape index (κ1) is 17.1. The number of rotatable bonds is 7. The standard InChI is InChI=1S/C16H16BrN7O/c17-13-10-21-16(24-14(13)18-8-9-25)23-12-4-2-11(3-5-12)22-15-19-6-1-7-20-15/h1-7,10,25H,8-9H2,(H,19,20,22)(H2,18,21,23,24). The average molecular weight is 402 g/mol. The molecule has 2 aromatic heterocycles. The minimum absolute atomic E-state index is 0.0266. The van der Waals surface area contributed by atoms with Gasteiger partial charge in [-0.25, -0.2) is 15.0 Å². The zero-order valence-electron chi connectivity index (χ0n) is 13.1. The van der Waals surface area contributed by atoms with Crippen LogP contribution in [0.2, 0.25) is 0 Å². The second kappa shape index (κ2) is 8.36. The number of hydrogen-bond donors (Lipinski definition) is 4. The predicted octanol–water partition coefficient (Wildman–Crippen LogP) is 2.92. The van der Waals surface area contributed by atoms with Crippen molar-refractivity contribution in [2.75, 3.05) is 29.1 Å². The first-order chi connectivity index (χ1) is 12.2. The van der Waals surface area contributed by atoms with Gasteiger partial charge in [-0.05, 0) is 46.3 Å². The van der Waals surface area contributed by atoms with Gasteiger partial charge >= 0.3 is 0 Å². The number of halogens is 1. The van der Waals surface area contributed by atoms with E-state index in [2.05, 4.69) is 51.8 Å². The zero-order chi connectivity index (χ0) is 17.5.